The van der Waals surface area contributed by atoms with E-state index in [1.807, 2.05) is 0 Å². The number of ether oxygens (including phenoxy) is 1. The minimum atomic E-state index is -3.82. The zero-order valence-electron chi connectivity index (χ0n) is 10.8. The van der Waals surface area contributed by atoms with E-state index in [0.717, 1.165) is 25.7 Å². The molecule has 0 amide bonds. The fraction of sp³-hybridized carbons (Fsp3) is 0.462. The van der Waals surface area contributed by atoms with Gasteiger partial charge in [-0.3, -0.25) is 0 Å². The lowest BCUT2D eigenvalue weighted by Crippen LogP contribution is -2.17. The maximum Gasteiger partial charge on any atom is 0.338 e. The number of carbonyl (C=O) groups is 1. The smallest absolute Gasteiger partial charge is 0.338 e. The molecular formula is C13H17NO4S. The van der Waals surface area contributed by atoms with Gasteiger partial charge in [-0.15, -0.1) is 0 Å². The van der Waals surface area contributed by atoms with Crippen LogP contribution in [0.2, 0.25) is 0 Å². The molecule has 2 rings (SSSR count). The maximum atomic E-state index is 11.9. The van der Waals surface area contributed by atoms with Crippen molar-refractivity contribution in [2.45, 2.75) is 43.6 Å². The highest BCUT2D eigenvalue weighted by Crippen LogP contribution is 2.23. The highest BCUT2D eigenvalue weighted by molar-refractivity contribution is 7.89. The Kier molecular flexibility index (Phi) is 3.91. The first-order valence-electron chi connectivity index (χ1n) is 6.22. The summed E-state index contributed by atoms with van der Waals surface area (Å²) < 4.78 is 28.1. The van der Waals surface area contributed by atoms with Gasteiger partial charge in [0, 0.05) is 0 Å². The summed E-state index contributed by atoms with van der Waals surface area (Å²) in [6, 6.07) is 4.40. The average molecular weight is 283 g/mol. The second-order valence-corrected chi connectivity index (χ2v) is 6.37. The zero-order valence-corrected chi connectivity index (χ0v) is 11.6. The molecule has 5 nitrogen and oxygen atoms in total. The number of benzene rings is 1. The van der Waals surface area contributed by atoms with E-state index in [2.05, 4.69) is 0 Å². The fourth-order valence-corrected chi connectivity index (χ4v) is 3.07. The molecule has 0 heterocycles. The van der Waals surface area contributed by atoms with Gasteiger partial charge in [-0.25, -0.2) is 18.4 Å². The molecular weight excluding hydrogens is 266 g/mol. The Morgan fingerprint density at radius 1 is 1.32 bits per heavy atom. The van der Waals surface area contributed by atoms with E-state index >= 15 is 0 Å². The van der Waals surface area contributed by atoms with Gasteiger partial charge in [-0.2, -0.15) is 0 Å². The van der Waals surface area contributed by atoms with Crippen LogP contribution in [0.15, 0.2) is 23.1 Å². The van der Waals surface area contributed by atoms with E-state index in [1.54, 1.807) is 19.1 Å². The molecule has 0 bridgehead atoms. The van der Waals surface area contributed by atoms with Crippen LogP contribution in [0.25, 0.3) is 0 Å². The molecule has 0 aromatic heterocycles. The first kappa shape index (κ1) is 14.0. The molecule has 0 atom stereocenters. The van der Waals surface area contributed by atoms with Crippen LogP contribution in [0, 0.1) is 6.92 Å². The quantitative estimate of drug-likeness (QED) is 0.856. The van der Waals surface area contributed by atoms with Crippen molar-refractivity contribution in [1.82, 2.24) is 0 Å². The Morgan fingerprint density at radius 2 is 1.95 bits per heavy atom. The van der Waals surface area contributed by atoms with E-state index in [0.29, 0.717) is 5.56 Å². The first-order chi connectivity index (χ1) is 8.88. The summed E-state index contributed by atoms with van der Waals surface area (Å²) in [6.45, 7) is 1.63. The van der Waals surface area contributed by atoms with Gasteiger partial charge in [0.15, 0.2) is 0 Å². The predicted molar refractivity (Wildman–Crippen MR) is 70.2 cm³/mol. The van der Waals surface area contributed by atoms with Crippen molar-refractivity contribution in [3.8, 4) is 0 Å². The molecule has 1 fully saturated rings. The topological polar surface area (TPSA) is 86.5 Å². The normalized spacial score (nSPS) is 16.5. The van der Waals surface area contributed by atoms with Crippen LogP contribution < -0.4 is 5.14 Å². The third-order valence-corrected chi connectivity index (χ3v) is 4.36. The highest BCUT2D eigenvalue weighted by atomic mass is 32.2. The molecule has 6 heteroatoms. The minimum absolute atomic E-state index is 0.0339. The molecule has 0 saturated heterocycles. The standard InChI is InChI=1S/C13H17NO4S/c1-9-6-7-10(8-12(9)19(14,16)17)13(15)18-11-4-2-3-5-11/h6-8,11H,2-5H2,1H3,(H2,14,16,17). The molecule has 104 valence electrons. The van der Waals surface area contributed by atoms with Crippen LogP contribution in [0.5, 0.6) is 0 Å². The molecule has 1 aromatic carbocycles. The number of hydrogen-bond acceptors (Lipinski definition) is 4. The number of primary sulfonamides is 1. The number of hydrogen-bond donors (Lipinski definition) is 1. The summed E-state index contributed by atoms with van der Waals surface area (Å²) in [5.41, 5.74) is 0.737. The number of carbonyl (C=O) groups excluding carboxylic acids is 1. The van der Waals surface area contributed by atoms with Crippen LogP contribution in [0.4, 0.5) is 0 Å². The largest absolute Gasteiger partial charge is 0.459 e. The van der Waals surface area contributed by atoms with Crippen molar-refractivity contribution in [1.29, 1.82) is 0 Å². The molecule has 0 aliphatic heterocycles. The van der Waals surface area contributed by atoms with E-state index in [-0.39, 0.29) is 16.6 Å². The van der Waals surface area contributed by atoms with Crippen molar-refractivity contribution < 1.29 is 17.9 Å². The second kappa shape index (κ2) is 5.30. The summed E-state index contributed by atoms with van der Waals surface area (Å²) >= 11 is 0. The molecule has 1 aliphatic carbocycles. The molecule has 19 heavy (non-hydrogen) atoms. The molecule has 1 aliphatic rings. The molecule has 1 aromatic rings. The van der Waals surface area contributed by atoms with Crippen LogP contribution in [-0.4, -0.2) is 20.5 Å². The summed E-state index contributed by atoms with van der Waals surface area (Å²) in [5, 5.41) is 5.11. The molecule has 2 N–H and O–H groups in total. The van der Waals surface area contributed by atoms with Gasteiger partial charge < -0.3 is 4.74 Å². The van der Waals surface area contributed by atoms with Gasteiger partial charge in [0.1, 0.15) is 6.10 Å². The van der Waals surface area contributed by atoms with Gasteiger partial charge in [-0.1, -0.05) is 6.07 Å². The number of aryl methyl sites for hydroxylation is 1. The van der Waals surface area contributed by atoms with Crippen LogP contribution >= 0.6 is 0 Å². The van der Waals surface area contributed by atoms with E-state index in [1.165, 1.54) is 6.07 Å². The maximum absolute atomic E-state index is 11.9. The Hall–Kier alpha value is -1.40. The number of esters is 1. The lowest BCUT2D eigenvalue weighted by molar-refractivity contribution is 0.0317. The third-order valence-electron chi connectivity index (χ3n) is 3.31. The highest BCUT2D eigenvalue weighted by Gasteiger charge is 2.21. The lowest BCUT2D eigenvalue weighted by atomic mass is 10.1. The average Bonchev–Trinajstić information content (AvgIpc) is 2.80. The van der Waals surface area contributed by atoms with Gasteiger partial charge in [0.25, 0.3) is 0 Å². The van der Waals surface area contributed by atoms with Crippen molar-refractivity contribution in [3.63, 3.8) is 0 Å². The van der Waals surface area contributed by atoms with Crippen molar-refractivity contribution in [2.24, 2.45) is 5.14 Å². The second-order valence-electron chi connectivity index (χ2n) is 4.84. The Morgan fingerprint density at radius 3 is 2.53 bits per heavy atom. The Labute approximate surface area is 112 Å². The van der Waals surface area contributed by atoms with Crippen LogP contribution in [-0.2, 0) is 14.8 Å². The van der Waals surface area contributed by atoms with E-state index < -0.39 is 16.0 Å². The molecule has 0 radical (unpaired) electrons. The Bertz CT molecular complexity index is 589. The summed E-state index contributed by atoms with van der Waals surface area (Å²) in [7, 11) is -3.82. The lowest BCUT2D eigenvalue weighted by Gasteiger charge is -2.12. The molecule has 0 unspecified atom stereocenters. The van der Waals surface area contributed by atoms with Crippen molar-refractivity contribution in [2.75, 3.05) is 0 Å². The molecule has 0 spiro atoms. The van der Waals surface area contributed by atoms with Gasteiger partial charge in [0.2, 0.25) is 10.0 Å². The van der Waals surface area contributed by atoms with E-state index in [9.17, 15) is 13.2 Å². The summed E-state index contributed by atoms with van der Waals surface area (Å²) in [5.74, 6) is -0.489. The predicted octanol–water partition coefficient (Wildman–Crippen LogP) is 1.74. The first-order valence-corrected chi connectivity index (χ1v) is 7.77. The van der Waals surface area contributed by atoms with Crippen molar-refractivity contribution >= 4 is 16.0 Å². The van der Waals surface area contributed by atoms with Gasteiger partial charge in [-0.05, 0) is 50.3 Å². The minimum Gasteiger partial charge on any atom is -0.459 e. The monoisotopic (exact) mass is 283 g/mol. The Balaban J connectivity index is 2.23. The van der Waals surface area contributed by atoms with Crippen molar-refractivity contribution in [3.05, 3.63) is 29.3 Å². The summed E-state index contributed by atoms with van der Waals surface area (Å²) in [4.78, 5) is 11.9. The van der Waals surface area contributed by atoms with Crippen LogP contribution in [0.1, 0.15) is 41.6 Å². The van der Waals surface area contributed by atoms with Gasteiger partial charge >= 0.3 is 5.97 Å². The fourth-order valence-electron chi connectivity index (χ4n) is 2.26. The van der Waals surface area contributed by atoms with Crippen LogP contribution in [0.3, 0.4) is 0 Å². The zero-order chi connectivity index (χ0) is 14.0. The van der Waals surface area contributed by atoms with E-state index in [4.69, 9.17) is 9.88 Å². The third kappa shape index (κ3) is 3.33. The SMILES string of the molecule is Cc1ccc(C(=O)OC2CCCC2)cc1S(N)(=O)=O. The number of nitrogens with two attached hydrogens (primary N) is 1. The number of rotatable bonds is 3. The van der Waals surface area contributed by atoms with Gasteiger partial charge in [0.05, 0.1) is 10.5 Å². The number of sulfonamides is 1. The summed E-state index contributed by atoms with van der Waals surface area (Å²) in [6.07, 6.45) is 3.83. The molecule has 1 saturated carbocycles.